The third-order valence-electron chi connectivity index (χ3n) is 2.78. The van der Waals surface area contributed by atoms with E-state index in [1.54, 1.807) is 18.2 Å². The minimum absolute atomic E-state index is 0.190. The summed E-state index contributed by atoms with van der Waals surface area (Å²) in [6.07, 6.45) is 1.89. The standard InChI is InChI=1S/C14H13Br2ClN2O/c1-8(2)19-7-10(16)6-13(19)14(20)18-12-5-9(15)3-4-11(12)17/h3-8H,1-2H3,(H,18,20). The molecule has 0 atom stereocenters. The number of hydrogen-bond donors (Lipinski definition) is 1. The molecular formula is C14H13Br2ClN2O. The molecule has 0 fully saturated rings. The normalized spacial score (nSPS) is 10.9. The molecule has 0 aliphatic rings. The van der Waals surface area contributed by atoms with E-state index in [0.717, 1.165) is 8.95 Å². The van der Waals surface area contributed by atoms with Crippen LogP contribution in [0.5, 0.6) is 0 Å². The van der Waals surface area contributed by atoms with Crippen molar-refractivity contribution in [3.63, 3.8) is 0 Å². The number of nitrogens with one attached hydrogen (secondary N) is 1. The van der Waals surface area contributed by atoms with Gasteiger partial charge in [0.2, 0.25) is 0 Å². The average Bonchev–Trinajstić information content (AvgIpc) is 2.76. The van der Waals surface area contributed by atoms with Crippen LogP contribution in [0.3, 0.4) is 0 Å². The highest BCUT2D eigenvalue weighted by Crippen LogP contribution is 2.27. The molecule has 0 saturated heterocycles. The van der Waals surface area contributed by atoms with Gasteiger partial charge in [0.25, 0.3) is 5.91 Å². The van der Waals surface area contributed by atoms with Crippen LogP contribution in [0.25, 0.3) is 0 Å². The lowest BCUT2D eigenvalue weighted by Crippen LogP contribution is -2.18. The van der Waals surface area contributed by atoms with Crippen molar-refractivity contribution in [3.8, 4) is 0 Å². The topological polar surface area (TPSA) is 34.0 Å². The van der Waals surface area contributed by atoms with Gasteiger partial charge in [-0.15, -0.1) is 0 Å². The van der Waals surface area contributed by atoms with Crippen molar-refractivity contribution >= 4 is 55.1 Å². The van der Waals surface area contributed by atoms with Crippen LogP contribution in [0.4, 0.5) is 5.69 Å². The number of benzene rings is 1. The number of rotatable bonds is 3. The molecule has 2 rings (SSSR count). The predicted molar refractivity (Wildman–Crippen MR) is 89.6 cm³/mol. The number of amides is 1. The molecule has 20 heavy (non-hydrogen) atoms. The number of anilines is 1. The van der Waals surface area contributed by atoms with E-state index in [9.17, 15) is 4.79 Å². The third kappa shape index (κ3) is 3.45. The summed E-state index contributed by atoms with van der Waals surface area (Å²) in [7, 11) is 0. The van der Waals surface area contributed by atoms with Crippen molar-refractivity contribution in [2.45, 2.75) is 19.9 Å². The maximum absolute atomic E-state index is 12.4. The van der Waals surface area contributed by atoms with Gasteiger partial charge in [-0.2, -0.15) is 0 Å². The Morgan fingerprint density at radius 1 is 1.25 bits per heavy atom. The lowest BCUT2D eigenvalue weighted by Gasteiger charge is -2.13. The van der Waals surface area contributed by atoms with E-state index >= 15 is 0 Å². The van der Waals surface area contributed by atoms with Crippen molar-refractivity contribution in [1.29, 1.82) is 0 Å². The maximum Gasteiger partial charge on any atom is 0.272 e. The number of halogens is 3. The first kappa shape index (κ1) is 15.6. The summed E-state index contributed by atoms with van der Waals surface area (Å²) in [4.78, 5) is 12.4. The molecule has 3 nitrogen and oxygen atoms in total. The van der Waals surface area contributed by atoms with Crippen LogP contribution in [0.2, 0.25) is 5.02 Å². The molecule has 1 amide bonds. The zero-order valence-electron chi connectivity index (χ0n) is 11.0. The smallest absolute Gasteiger partial charge is 0.272 e. The van der Waals surface area contributed by atoms with Gasteiger partial charge < -0.3 is 9.88 Å². The molecule has 1 aromatic heterocycles. The minimum atomic E-state index is -0.190. The van der Waals surface area contributed by atoms with Gasteiger partial charge in [0.05, 0.1) is 10.7 Å². The Labute approximate surface area is 139 Å². The van der Waals surface area contributed by atoms with Gasteiger partial charge in [-0.25, -0.2) is 0 Å². The summed E-state index contributed by atoms with van der Waals surface area (Å²) >= 11 is 12.8. The predicted octanol–water partition coefficient (Wildman–Crippen LogP) is 5.50. The molecule has 0 aliphatic carbocycles. The first-order valence-electron chi connectivity index (χ1n) is 6.02. The fraction of sp³-hybridized carbons (Fsp3) is 0.214. The Hall–Kier alpha value is -0.780. The highest BCUT2D eigenvalue weighted by Gasteiger charge is 2.16. The van der Waals surface area contributed by atoms with Gasteiger partial charge in [0.1, 0.15) is 5.69 Å². The fourth-order valence-electron chi connectivity index (χ4n) is 1.83. The largest absolute Gasteiger partial charge is 0.340 e. The summed E-state index contributed by atoms with van der Waals surface area (Å²) in [5, 5.41) is 3.34. The molecule has 2 aromatic rings. The molecule has 0 spiro atoms. The molecule has 6 heteroatoms. The second-order valence-electron chi connectivity index (χ2n) is 4.62. The Balaban J connectivity index is 2.31. The summed E-state index contributed by atoms with van der Waals surface area (Å²) in [6.45, 7) is 4.05. The summed E-state index contributed by atoms with van der Waals surface area (Å²) in [5.74, 6) is -0.190. The average molecular weight is 421 g/mol. The number of carbonyl (C=O) groups excluding carboxylic acids is 1. The number of carbonyl (C=O) groups is 1. The monoisotopic (exact) mass is 418 g/mol. The van der Waals surface area contributed by atoms with E-state index in [4.69, 9.17) is 11.6 Å². The molecule has 0 radical (unpaired) electrons. The SMILES string of the molecule is CC(C)n1cc(Br)cc1C(=O)Nc1cc(Br)ccc1Cl. The highest BCUT2D eigenvalue weighted by atomic mass is 79.9. The minimum Gasteiger partial charge on any atom is -0.340 e. The van der Waals surface area contributed by atoms with Gasteiger partial charge in [0, 0.05) is 21.2 Å². The van der Waals surface area contributed by atoms with E-state index < -0.39 is 0 Å². The second kappa shape index (κ2) is 6.33. The van der Waals surface area contributed by atoms with Crippen molar-refractivity contribution in [1.82, 2.24) is 4.57 Å². The summed E-state index contributed by atoms with van der Waals surface area (Å²) < 4.78 is 3.64. The molecule has 106 valence electrons. The highest BCUT2D eigenvalue weighted by molar-refractivity contribution is 9.10. The second-order valence-corrected chi connectivity index (χ2v) is 6.86. The zero-order valence-corrected chi connectivity index (χ0v) is 14.9. The molecule has 0 unspecified atom stereocenters. The fourth-order valence-corrected chi connectivity index (χ4v) is 2.80. The van der Waals surface area contributed by atoms with Crippen LogP contribution in [0.1, 0.15) is 30.4 Å². The summed E-state index contributed by atoms with van der Waals surface area (Å²) in [5.41, 5.74) is 1.17. The van der Waals surface area contributed by atoms with Gasteiger partial charge in [0.15, 0.2) is 0 Å². The van der Waals surface area contributed by atoms with E-state index in [1.165, 1.54) is 0 Å². The van der Waals surface area contributed by atoms with Crippen molar-refractivity contribution < 1.29 is 4.79 Å². The molecule has 1 aromatic carbocycles. The van der Waals surface area contributed by atoms with Crippen LogP contribution in [-0.2, 0) is 0 Å². The van der Waals surface area contributed by atoms with Gasteiger partial charge in [-0.3, -0.25) is 4.79 Å². The van der Waals surface area contributed by atoms with Gasteiger partial charge >= 0.3 is 0 Å². The molecule has 1 N–H and O–H groups in total. The van der Waals surface area contributed by atoms with Crippen LogP contribution in [-0.4, -0.2) is 10.5 Å². The maximum atomic E-state index is 12.4. The van der Waals surface area contributed by atoms with E-state index in [2.05, 4.69) is 37.2 Å². The lowest BCUT2D eigenvalue weighted by atomic mass is 10.3. The number of aromatic nitrogens is 1. The Bertz CT molecular complexity index is 653. The van der Waals surface area contributed by atoms with Crippen molar-refractivity contribution in [2.24, 2.45) is 0 Å². The van der Waals surface area contributed by atoms with Crippen molar-refractivity contribution in [2.75, 3.05) is 5.32 Å². The van der Waals surface area contributed by atoms with Crippen LogP contribution >= 0.6 is 43.5 Å². The van der Waals surface area contributed by atoms with Crippen LogP contribution in [0.15, 0.2) is 39.4 Å². The molecule has 0 saturated carbocycles. The van der Waals surface area contributed by atoms with Crippen LogP contribution in [0, 0.1) is 0 Å². The quantitative estimate of drug-likeness (QED) is 0.699. The zero-order chi connectivity index (χ0) is 14.9. The van der Waals surface area contributed by atoms with E-state index in [0.29, 0.717) is 16.4 Å². The number of hydrogen-bond acceptors (Lipinski definition) is 1. The Morgan fingerprint density at radius 2 is 1.95 bits per heavy atom. The molecule has 0 aliphatic heterocycles. The Kier molecular flexibility index (Phi) is 4.94. The van der Waals surface area contributed by atoms with Crippen LogP contribution < -0.4 is 5.32 Å². The molecule has 0 bridgehead atoms. The van der Waals surface area contributed by atoms with Gasteiger partial charge in [-0.05, 0) is 54.0 Å². The molecular weight excluding hydrogens is 407 g/mol. The van der Waals surface area contributed by atoms with E-state index in [-0.39, 0.29) is 11.9 Å². The molecule has 1 heterocycles. The first-order chi connectivity index (χ1) is 9.38. The Morgan fingerprint density at radius 3 is 2.60 bits per heavy atom. The van der Waals surface area contributed by atoms with Crippen molar-refractivity contribution in [3.05, 3.63) is 50.1 Å². The lowest BCUT2D eigenvalue weighted by molar-refractivity contribution is 0.101. The third-order valence-corrected chi connectivity index (χ3v) is 4.04. The van der Waals surface area contributed by atoms with E-state index in [1.807, 2.05) is 30.7 Å². The first-order valence-corrected chi connectivity index (χ1v) is 7.98. The number of nitrogens with zero attached hydrogens (tertiary/aromatic N) is 1. The van der Waals surface area contributed by atoms with Gasteiger partial charge in [-0.1, -0.05) is 27.5 Å². The summed E-state index contributed by atoms with van der Waals surface area (Å²) in [6, 6.07) is 7.32.